The van der Waals surface area contributed by atoms with Gasteiger partial charge >= 0.3 is 0 Å². The molecular weight excluding hydrogens is 258 g/mol. The van der Waals surface area contributed by atoms with Crippen LogP contribution in [0.1, 0.15) is 20.8 Å². The fraction of sp³-hybridized carbons (Fsp3) is 0.333. The van der Waals surface area contributed by atoms with Crippen molar-refractivity contribution in [3.8, 4) is 0 Å². The molecule has 1 rings (SSSR count). The van der Waals surface area contributed by atoms with Crippen molar-refractivity contribution in [3.63, 3.8) is 0 Å². The summed E-state index contributed by atoms with van der Waals surface area (Å²) < 4.78 is 24.5. The summed E-state index contributed by atoms with van der Waals surface area (Å²) in [6.45, 7) is 7.56. The van der Waals surface area contributed by atoms with Gasteiger partial charge in [-0.1, -0.05) is 18.2 Å². The van der Waals surface area contributed by atoms with Crippen LogP contribution in [-0.4, -0.2) is 26.4 Å². The molecule has 1 aromatic rings. The number of sulfone groups is 1. The maximum Gasteiger partial charge on any atom is 0.202 e. The lowest BCUT2D eigenvalue weighted by molar-refractivity contribution is 0.419. The SMILES string of the molecule is CCN(/C=C/C=C(/C)S(=O)(=O)c1ccccc1)CC. The summed E-state index contributed by atoms with van der Waals surface area (Å²) in [6, 6.07) is 8.48. The van der Waals surface area contributed by atoms with Crippen molar-refractivity contribution in [2.75, 3.05) is 13.1 Å². The van der Waals surface area contributed by atoms with E-state index in [4.69, 9.17) is 0 Å². The van der Waals surface area contributed by atoms with E-state index in [1.807, 2.05) is 6.20 Å². The van der Waals surface area contributed by atoms with Crippen LogP contribution in [0.3, 0.4) is 0 Å². The quantitative estimate of drug-likeness (QED) is 0.750. The number of rotatable bonds is 6. The second-order valence-electron chi connectivity index (χ2n) is 4.16. The molecule has 0 saturated carbocycles. The van der Waals surface area contributed by atoms with Gasteiger partial charge in [0.1, 0.15) is 0 Å². The van der Waals surface area contributed by atoms with Gasteiger partial charge in [0.2, 0.25) is 9.84 Å². The molecule has 1 aromatic carbocycles. The molecule has 0 unspecified atom stereocenters. The van der Waals surface area contributed by atoms with Crippen LogP contribution >= 0.6 is 0 Å². The lowest BCUT2D eigenvalue weighted by atomic mass is 10.4. The van der Waals surface area contributed by atoms with Crippen LogP contribution in [0, 0.1) is 0 Å². The Morgan fingerprint density at radius 1 is 1.16 bits per heavy atom. The summed E-state index contributed by atoms with van der Waals surface area (Å²) in [7, 11) is -3.36. The Bertz CT molecular complexity index is 541. The molecule has 104 valence electrons. The Morgan fingerprint density at radius 2 is 1.74 bits per heavy atom. The zero-order valence-corrected chi connectivity index (χ0v) is 12.5. The van der Waals surface area contributed by atoms with Gasteiger partial charge in [0, 0.05) is 18.0 Å². The Balaban J connectivity index is 2.91. The van der Waals surface area contributed by atoms with Crippen molar-refractivity contribution in [1.82, 2.24) is 4.90 Å². The van der Waals surface area contributed by atoms with Gasteiger partial charge in [-0.3, -0.25) is 0 Å². The Hall–Kier alpha value is -1.55. The van der Waals surface area contributed by atoms with E-state index in [0.29, 0.717) is 9.80 Å². The van der Waals surface area contributed by atoms with E-state index in [-0.39, 0.29) is 0 Å². The lowest BCUT2D eigenvalue weighted by Gasteiger charge is -2.14. The van der Waals surface area contributed by atoms with E-state index >= 15 is 0 Å². The average Bonchev–Trinajstić information content (AvgIpc) is 2.44. The first-order valence-corrected chi connectivity index (χ1v) is 7.90. The van der Waals surface area contributed by atoms with Crippen LogP contribution < -0.4 is 0 Å². The van der Waals surface area contributed by atoms with E-state index in [1.165, 1.54) is 0 Å². The first-order valence-electron chi connectivity index (χ1n) is 6.41. The molecule has 0 amide bonds. The van der Waals surface area contributed by atoms with Gasteiger partial charge in [-0.2, -0.15) is 0 Å². The average molecular weight is 279 g/mol. The fourth-order valence-electron chi connectivity index (χ4n) is 1.61. The van der Waals surface area contributed by atoms with Crippen LogP contribution in [0.4, 0.5) is 0 Å². The highest BCUT2D eigenvalue weighted by atomic mass is 32.2. The van der Waals surface area contributed by atoms with Gasteiger partial charge in [0.25, 0.3) is 0 Å². The summed E-state index contributed by atoms with van der Waals surface area (Å²) in [5.74, 6) is 0. The second-order valence-corrected chi connectivity index (χ2v) is 6.28. The highest BCUT2D eigenvalue weighted by Crippen LogP contribution is 2.18. The van der Waals surface area contributed by atoms with Crippen molar-refractivity contribution in [2.45, 2.75) is 25.7 Å². The zero-order chi connectivity index (χ0) is 14.3. The molecular formula is C15H21NO2S. The first-order chi connectivity index (χ1) is 9.02. The number of hydrogen-bond donors (Lipinski definition) is 0. The highest BCUT2D eigenvalue weighted by Gasteiger charge is 2.15. The third-order valence-electron chi connectivity index (χ3n) is 2.92. The number of hydrogen-bond acceptors (Lipinski definition) is 3. The van der Waals surface area contributed by atoms with Crippen LogP contribution in [0.2, 0.25) is 0 Å². The van der Waals surface area contributed by atoms with E-state index in [9.17, 15) is 8.42 Å². The molecule has 0 aromatic heterocycles. The minimum Gasteiger partial charge on any atom is -0.378 e. The zero-order valence-electron chi connectivity index (χ0n) is 11.7. The normalized spacial score (nSPS) is 12.9. The van der Waals surface area contributed by atoms with Crippen LogP contribution in [0.15, 0.2) is 58.5 Å². The molecule has 0 bridgehead atoms. The van der Waals surface area contributed by atoms with Crippen molar-refractivity contribution >= 4 is 9.84 Å². The number of nitrogens with zero attached hydrogens (tertiary/aromatic N) is 1. The second kappa shape index (κ2) is 7.14. The van der Waals surface area contributed by atoms with Crippen molar-refractivity contribution in [3.05, 3.63) is 53.6 Å². The van der Waals surface area contributed by atoms with Crippen LogP contribution in [0.25, 0.3) is 0 Å². The van der Waals surface area contributed by atoms with E-state index in [0.717, 1.165) is 13.1 Å². The van der Waals surface area contributed by atoms with E-state index in [1.54, 1.807) is 49.4 Å². The molecule has 0 radical (unpaired) electrons. The lowest BCUT2D eigenvalue weighted by Crippen LogP contribution is -2.14. The maximum absolute atomic E-state index is 12.2. The molecule has 0 aliphatic heterocycles. The van der Waals surface area contributed by atoms with E-state index < -0.39 is 9.84 Å². The van der Waals surface area contributed by atoms with Crippen LogP contribution in [-0.2, 0) is 9.84 Å². The third-order valence-corrected chi connectivity index (χ3v) is 4.79. The largest absolute Gasteiger partial charge is 0.378 e. The van der Waals surface area contributed by atoms with Crippen LogP contribution in [0.5, 0.6) is 0 Å². The van der Waals surface area contributed by atoms with Crippen molar-refractivity contribution < 1.29 is 8.42 Å². The molecule has 0 atom stereocenters. The van der Waals surface area contributed by atoms with Gasteiger partial charge in [0.05, 0.1) is 4.90 Å². The van der Waals surface area contributed by atoms with E-state index in [2.05, 4.69) is 18.7 Å². The summed E-state index contributed by atoms with van der Waals surface area (Å²) in [6.07, 6.45) is 5.33. The minimum absolute atomic E-state index is 0.333. The molecule has 19 heavy (non-hydrogen) atoms. The predicted octanol–water partition coefficient (Wildman–Crippen LogP) is 3.22. The molecule has 4 heteroatoms. The fourth-order valence-corrected chi connectivity index (χ4v) is 2.75. The smallest absolute Gasteiger partial charge is 0.202 e. The van der Waals surface area contributed by atoms with Gasteiger partial charge in [-0.05, 0) is 51.3 Å². The minimum atomic E-state index is -3.36. The molecule has 0 N–H and O–H groups in total. The third kappa shape index (κ3) is 4.24. The summed E-state index contributed by atoms with van der Waals surface area (Å²) in [5, 5.41) is 0. The molecule has 0 aliphatic carbocycles. The molecule has 0 aliphatic rings. The molecule has 0 fully saturated rings. The summed E-state index contributed by atoms with van der Waals surface area (Å²) in [4.78, 5) is 2.78. The van der Waals surface area contributed by atoms with Gasteiger partial charge in [-0.25, -0.2) is 8.42 Å². The Morgan fingerprint density at radius 3 is 2.26 bits per heavy atom. The summed E-state index contributed by atoms with van der Waals surface area (Å²) in [5.41, 5.74) is 0. The van der Waals surface area contributed by atoms with Gasteiger partial charge in [-0.15, -0.1) is 0 Å². The monoisotopic (exact) mass is 279 g/mol. The molecule has 0 saturated heterocycles. The topological polar surface area (TPSA) is 37.4 Å². The van der Waals surface area contributed by atoms with Crippen molar-refractivity contribution in [1.29, 1.82) is 0 Å². The Kier molecular flexibility index (Phi) is 5.83. The Labute approximate surface area is 116 Å². The maximum atomic E-state index is 12.2. The number of benzene rings is 1. The van der Waals surface area contributed by atoms with Crippen molar-refractivity contribution in [2.24, 2.45) is 0 Å². The van der Waals surface area contributed by atoms with Gasteiger partial charge in [0.15, 0.2) is 0 Å². The molecule has 0 spiro atoms. The molecule has 0 heterocycles. The molecule has 3 nitrogen and oxygen atoms in total. The highest BCUT2D eigenvalue weighted by molar-refractivity contribution is 7.95. The predicted molar refractivity (Wildman–Crippen MR) is 79.4 cm³/mol. The summed E-state index contributed by atoms with van der Waals surface area (Å²) >= 11 is 0. The standard InChI is InChI=1S/C15H21NO2S/c1-4-16(5-2)13-9-10-14(3)19(17,18)15-11-7-6-8-12-15/h6-13H,4-5H2,1-3H3/b13-9+,14-10-. The first kappa shape index (κ1) is 15.5. The van der Waals surface area contributed by atoms with Gasteiger partial charge < -0.3 is 4.90 Å². The number of allylic oxidation sites excluding steroid dienone is 3.